The summed E-state index contributed by atoms with van der Waals surface area (Å²) in [5.74, 6) is 4.87. The van der Waals surface area contributed by atoms with Gasteiger partial charge in [0, 0.05) is 18.3 Å². The van der Waals surface area contributed by atoms with E-state index in [0.717, 1.165) is 12.1 Å². The molecular weight excluding hydrogens is 130 g/mol. The molecule has 0 aromatic carbocycles. The second-order valence-electron chi connectivity index (χ2n) is 2.02. The van der Waals surface area contributed by atoms with Crippen LogP contribution in [0, 0.1) is 0 Å². The van der Waals surface area contributed by atoms with Gasteiger partial charge in [-0.25, -0.2) is 5.90 Å². The molecule has 1 aromatic rings. The molecule has 0 unspecified atom stereocenters. The fourth-order valence-corrected chi connectivity index (χ4v) is 0.750. The van der Waals surface area contributed by atoms with Gasteiger partial charge in [0.15, 0.2) is 0 Å². The van der Waals surface area contributed by atoms with Crippen molar-refractivity contribution in [2.45, 2.75) is 20.1 Å². The number of nitrogens with two attached hydrogens (primary N) is 1. The molecule has 1 heterocycles. The van der Waals surface area contributed by atoms with Crippen molar-refractivity contribution >= 4 is 0 Å². The van der Waals surface area contributed by atoms with Crippen LogP contribution in [0.2, 0.25) is 0 Å². The van der Waals surface area contributed by atoms with E-state index in [-0.39, 0.29) is 0 Å². The molecule has 0 bridgehead atoms. The van der Waals surface area contributed by atoms with E-state index < -0.39 is 0 Å². The number of hydrogen-bond donors (Lipinski definition) is 1. The van der Waals surface area contributed by atoms with Crippen LogP contribution in [-0.2, 0) is 18.0 Å². The normalized spacial score (nSPS) is 10.2. The van der Waals surface area contributed by atoms with E-state index in [0.29, 0.717) is 6.61 Å². The summed E-state index contributed by atoms with van der Waals surface area (Å²) in [6.45, 7) is 3.34. The van der Waals surface area contributed by atoms with Crippen LogP contribution < -0.4 is 5.90 Å². The van der Waals surface area contributed by atoms with Crippen molar-refractivity contribution in [3.8, 4) is 0 Å². The highest BCUT2D eigenvalue weighted by Gasteiger charge is 1.94. The monoisotopic (exact) mass is 141 g/mol. The second-order valence-corrected chi connectivity index (χ2v) is 2.02. The topological polar surface area (TPSA) is 53.1 Å². The third-order valence-corrected chi connectivity index (χ3v) is 1.26. The van der Waals surface area contributed by atoms with E-state index in [9.17, 15) is 0 Å². The SMILES string of the molecule is CCn1cc(CON)cn1. The molecule has 4 nitrogen and oxygen atoms in total. The van der Waals surface area contributed by atoms with Gasteiger partial charge in [0.1, 0.15) is 0 Å². The van der Waals surface area contributed by atoms with E-state index in [2.05, 4.69) is 9.94 Å². The van der Waals surface area contributed by atoms with Gasteiger partial charge in [-0.2, -0.15) is 5.10 Å². The van der Waals surface area contributed by atoms with Crippen LogP contribution in [0.5, 0.6) is 0 Å². The molecule has 0 spiro atoms. The lowest BCUT2D eigenvalue weighted by molar-refractivity contribution is 0.124. The van der Waals surface area contributed by atoms with Crippen LogP contribution in [0.4, 0.5) is 0 Å². The quantitative estimate of drug-likeness (QED) is 0.616. The lowest BCUT2D eigenvalue weighted by atomic mass is 10.4. The molecule has 0 aliphatic heterocycles. The van der Waals surface area contributed by atoms with Gasteiger partial charge >= 0.3 is 0 Å². The number of aryl methyl sites for hydroxylation is 1. The molecule has 0 fully saturated rings. The Kier molecular flexibility index (Phi) is 2.42. The van der Waals surface area contributed by atoms with Crippen molar-refractivity contribution < 1.29 is 4.84 Å². The van der Waals surface area contributed by atoms with Crippen molar-refractivity contribution in [2.24, 2.45) is 5.90 Å². The molecule has 0 radical (unpaired) electrons. The van der Waals surface area contributed by atoms with Crippen molar-refractivity contribution in [2.75, 3.05) is 0 Å². The second kappa shape index (κ2) is 3.34. The molecule has 56 valence electrons. The molecule has 0 saturated heterocycles. The Morgan fingerprint density at radius 1 is 1.80 bits per heavy atom. The summed E-state index contributed by atoms with van der Waals surface area (Å²) in [7, 11) is 0. The van der Waals surface area contributed by atoms with Crippen LogP contribution in [-0.4, -0.2) is 9.78 Å². The lowest BCUT2D eigenvalue weighted by Gasteiger charge is -1.91. The standard InChI is InChI=1S/C6H11N3O/c1-2-9-4-6(3-8-9)5-10-7/h3-4H,2,5,7H2,1H3. The van der Waals surface area contributed by atoms with Crippen molar-refractivity contribution in [3.05, 3.63) is 18.0 Å². The van der Waals surface area contributed by atoms with E-state index in [1.54, 1.807) is 6.20 Å². The van der Waals surface area contributed by atoms with Crippen LogP contribution in [0.1, 0.15) is 12.5 Å². The summed E-state index contributed by atoms with van der Waals surface area (Å²) in [4.78, 5) is 4.43. The first-order chi connectivity index (χ1) is 4.86. The predicted octanol–water partition coefficient (Wildman–Crippen LogP) is 0.293. The maximum absolute atomic E-state index is 4.87. The van der Waals surface area contributed by atoms with Gasteiger partial charge in [0.05, 0.1) is 12.8 Å². The molecule has 0 atom stereocenters. The fraction of sp³-hybridized carbons (Fsp3) is 0.500. The van der Waals surface area contributed by atoms with Crippen molar-refractivity contribution in [3.63, 3.8) is 0 Å². The summed E-state index contributed by atoms with van der Waals surface area (Å²) >= 11 is 0. The van der Waals surface area contributed by atoms with E-state index in [1.165, 1.54) is 0 Å². The third-order valence-electron chi connectivity index (χ3n) is 1.26. The number of aromatic nitrogens is 2. The lowest BCUT2D eigenvalue weighted by Crippen LogP contribution is -1.97. The molecule has 0 amide bonds. The van der Waals surface area contributed by atoms with E-state index in [1.807, 2.05) is 17.8 Å². The Bertz CT molecular complexity index is 197. The summed E-state index contributed by atoms with van der Waals surface area (Å²) in [5.41, 5.74) is 1.00. The number of rotatable bonds is 3. The largest absolute Gasteiger partial charge is 0.300 e. The summed E-state index contributed by atoms with van der Waals surface area (Å²) < 4.78 is 1.83. The molecule has 0 aliphatic carbocycles. The minimum Gasteiger partial charge on any atom is -0.300 e. The Balaban J connectivity index is 2.59. The number of nitrogens with zero attached hydrogens (tertiary/aromatic N) is 2. The average molecular weight is 141 g/mol. The highest BCUT2D eigenvalue weighted by molar-refractivity contribution is 5.01. The highest BCUT2D eigenvalue weighted by atomic mass is 16.6. The van der Waals surface area contributed by atoms with Gasteiger partial charge in [0.2, 0.25) is 0 Å². The Hall–Kier alpha value is -0.870. The van der Waals surface area contributed by atoms with Gasteiger partial charge in [0.25, 0.3) is 0 Å². The first-order valence-corrected chi connectivity index (χ1v) is 3.20. The Morgan fingerprint density at radius 3 is 3.10 bits per heavy atom. The van der Waals surface area contributed by atoms with Gasteiger partial charge < -0.3 is 0 Å². The molecule has 10 heavy (non-hydrogen) atoms. The van der Waals surface area contributed by atoms with Crippen LogP contribution in [0.25, 0.3) is 0 Å². The Morgan fingerprint density at radius 2 is 2.60 bits per heavy atom. The van der Waals surface area contributed by atoms with Crippen LogP contribution in [0.15, 0.2) is 12.4 Å². The van der Waals surface area contributed by atoms with Gasteiger partial charge in [-0.1, -0.05) is 0 Å². The maximum atomic E-state index is 4.87. The summed E-state index contributed by atoms with van der Waals surface area (Å²) in [6, 6.07) is 0. The van der Waals surface area contributed by atoms with Crippen molar-refractivity contribution in [1.29, 1.82) is 0 Å². The van der Waals surface area contributed by atoms with Crippen LogP contribution in [0.3, 0.4) is 0 Å². The summed E-state index contributed by atoms with van der Waals surface area (Å²) in [5, 5.41) is 4.03. The minimum absolute atomic E-state index is 0.431. The zero-order valence-electron chi connectivity index (χ0n) is 5.95. The summed E-state index contributed by atoms with van der Waals surface area (Å²) in [6.07, 6.45) is 3.66. The predicted molar refractivity (Wildman–Crippen MR) is 36.9 cm³/mol. The van der Waals surface area contributed by atoms with Crippen molar-refractivity contribution in [1.82, 2.24) is 9.78 Å². The Labute approximate surface area is 59.5 Å². The van der Waals surface area contributed by atoms with E-state index >= 15 is 0 Å². The fourth-order valence-electron chi connectivity index (χ4n) is 0.750. The molecule has 1 rings (SSSR count). The zero-order chi connectivity index (χ0) is 7.40. The van der Waals surface area contributed by atoms with E-state index in [4.69, 9.17) is 5.90 Å². The first kappa shape index (κ1) is 7.24. The molecular formula is C6H11N3O. The molecule has 2 N–H and O–H groups in total. The van der Waals surface area contributed by atoms with Gasteiger partial charge in [-0.3, -0.25) is 9.52 Å². The minimum atomic E-state index is 0.431. The molecule has 4 heteroatoms. The molecule has 1 aromatic heterocycles. The zero-order valence-corrected chi connectivity index (χ0v) is 5.95. The highest BCUT2D eigenvalue weighted by Crippen LogP contribution is 1.97. The van der Waals surface area contributed by atoms with Crippen LogP contribution >= 0.6 is 0 Å². The molecule has 0 saturated carbocycles. The average Bonchev–Trinajstić information content (AvgIpc) is 2.37. The third kappa shape index (κ3) is 1.55. The number of hydrogen-bond acceptors (Lipinski definition) is 3. The molecule has 0 aliphatic rings. The van der Waals surface area contributed by atoms with Gasteiger partial charge in [-0.15, -0.1) is 0 Å². The van der Waals surface area contributed by atoms with Gasteiger partial charge in [-0.05, 0) is 6.92 Å². The maximum Gasteiger partial charge on any atom is 0.0960 e. The smallest absolute Gasteiger partial charge is 0.0960 e. The first-order valence-electron chi connectivity index (χ1n) is 3.20.